The minimum absolute atomic E-state index is 0.124. The van der Waals surface area contributed by atoms with Crippen molar-refractivity contribution in [3.05, 3.63) is 12.7 Å². The molecule has 4 N–H and O–H groups in total. The number of nitrogen functional groups attached to an aromatic ring is 1. The van der Waals surface area contributed by atoms with Crippen LogP contribution < -0.4 is 5.73 Å². The van der Waals surface area contributed by atoms with Gasteiger partial charge < -0.3 is 20.7 Å². The Morgan fingerprint density at radius 3 is 3.00 bits per heavy atom. The zero-order valence-corrected chi connectivity index (χ0v) is 9.47. The van der Waals surface area contributed by atoms with Crippen LogP contribution in [0.2, 0.25) is 0 Å². The molecule has 8 nitrogen and oxygen atoms in total. The third-order valence-corrected chi connectivity index (χ3v) is 3.15. The van der Waals surface area contributed by atoms with Crippen molar-refractivity contribution in [1.29, 1.82) is 0 Å². The van der Waals surface area contributed by atoms with Crippen LogP contribution in [0, 0.1) is 5.92 Å². The van der Waals surface area contributed by atoms with E-state index < -0.39 is 12.3 Å². The molecular weight excluding hydrogens is 238 g/mol. The highest BCUT2D eigenvalue weighted by atomic mass is 16.5. The average Bonchev–Trinajstić information content (AvgIpc) is 2.93. The molecule has 1 fully saturated rings. The number of aliphatic hydroxyl groups excluding tert-OH is 2. The molecule has 0 saturated carbocycles. The second-order valence-electron chi connectivity index (χ2n) is 4.24. The highest BCUT2D eigenvalue weighted by Gasteiger charge is 2.37. The van der Waals surface area contributed by atoms with Gasteiger partial charge in [0.25, 0.3) is 0 Å². The molecule has 0 aromatic carbocycles. The van der Waals surface area contributed by atoms with Gasteiger partial charge >= 0.3 is 0 Å². The highest BCUT2D eigenvalue weighted by Crippen LogP contribution is 2.30. The molecule has 2 aromatic heterocycles. The van der Waals surface area contributed by atoms with Gasteiger partial charge in [-0.3, -0.25) is 4.57 Å². The van der Waals surface area contributed by atoms with Crippen molar-refractivity contribution < 1.29 is 14.9 Å². The maximum Gasteiger partial charge on any atom is 0.167 e. The lowest BCUT2D eigenvalue weighted by Crippen LogP contribution is -2.26. The van der Waals surface area contributed by atoms with E-state index in [0.717, 1.165) is 0 Å². The number of ether oxygens (including phenoxy) is 1. The van der Waals surface area contributed by atoms with Gasteiger partial charge in [-0.2, -0.15) is 0 Å². The normalized spacial score (nSPS) is 28.0. The lowest BCUT2D eigenvalue weighted by Gasteiger charge is -2.17. The summed E-state index contributed by atoms with van der Waals surface area (Å²) in [5.41, 5.74) is 6.66. The molecule has 0 bridgehead atoms. The molecule has 3 rings (SSSR count). The molecular formula is C10H13N5O3. The molecule has 8 heteroatoms. The molecule has 96 valence electrons. The van der Waals surface area contributed by atoms with E-state index in [4.69, 9.17) is 15.6 Å². The second kappa shape index (κ2) is 4.16. The van der Waals surface area contributed by atoms with Crippen LogP contribution in [0.3, 0.4) is 0 Å². The summed E-state index contributed by atoms with van der Waals surface area (Å²) < 4.78 is 7.08. The van der Waals surface area contributed by atoms with Gasteiger partial charge in [0.2, 0.25) is 0 Å². The Morgan fingerprint density at radius 1 is 1.44 bits per heavy atom. The summed E-state index contributed by atoms with van der Waals surface area (Å²) in [6.07, 6.45) is 1.43. The summed E-state index contributed by atoms with van der Waals surface area (Å²) in [6, 6.07) is 0. The first-order valence-electron chi connectivity index (χ1n) is 5.56. The first kappa shape index (κ1) is 11.3. The summed E-state index contributed by atoms with van der Waals surface area (Å²) in [7, 11) is 0. The standard InChI is InChI=1S/C10H13N5O3/c11-8-6-9(13-3-12-8)15(4-14-6)10-7(17)5(1-16)2-18-10/h3-5,7,10,16-17H,1-2H2,(H2,11,12,13)/t5-,7+,10+/m0/s1. The van der Waals surface area contributed by atoms with Crippen LogP contribution in [-0.4, -0.2) is 49.0 Å². The molecule has 18 heavy (non-hydrogen) atoms. The van der Waals surface area contributed by atoms with E-state index in [1.54, 1.807) is 4.57 Å². The molecule has 0 aliphatic carbocycles. The van der Waals surface area contributed by atoms with Gasteiger partial charge in [0.15, 0.2) is 17.7 Å². The van der Waals surface area contributed by atoms with E-state index >= 15 is 0 Å². The zero-order valence-electron chi connectivity index (χ0n) is 9.47. The lowest BCUT2D eigenvalue weighted by atomic mass is 10.1. The van der Waals surface area contributed by atoms with Gasteiger partial charge in [0.1, 0.15) is 17.9 Å². The van der Waals surface area contributed by atoms with E-state index in [1.165, 1.54) is 12.7 Å². The van der Waals surface area contributed by atoms with E-state index in [-0.39, 0.29) is 18.3 Å². The predicted octanol–water partition coefficient (Wildman–Crippen LogP) is -1.09. The third kappa shape index (κ3) is 1.54. The van der Waals surface area contributed by atoms with E-state index in [1.807, 2.05) is 0 Å². The van der Waals surface area contributed by atoms with E-state index in [0.29, 0.717) is 17.8 Å². The summed E-state index contributed by atoms with van der Waals surface area (Å²) in [6.45, 7) is 0.171. The Morgan fingerprint density at radius 2 is 2.28 bits per heavy atom. The first-order chi connectivity index (χ1) is 8.72. The van der Waals surface area contributed by atoms with Crippen LogP contribution in [0.25, 0.3) is 11.2 Å². The molecule has 1 aliphatic heterocycles. The molecule has 0 amide bonds. The van der Waals surface area contributed by atoms with Crippen LogP contribution >= 0.6 is 0 Å². The molecule has 3 atom stereocenters. The number of nitrogens with zero attached hydrogens (tertiary/aromatic N) is 4. The molecule has 0 unspecified atom stereocenters. The minimum atomic E-state index is -0.802. The Labute approximate surface area is 102 Å². The number of rotatable bonds is 2. The number of hydrogen-bond acceptors (Lipinski definition) is 7. The summed E-state index contributed by atoms with van der Waals surface area (Å²) in [4.78, 5) is 12.0. The quantitative estimate of drug-likeness (QED) is 0.620. The molecule has 1 saturated heterocycles. The van der Waals surface area contributed by atoms with Crippen molar-refractivity contribution in [1.82, 2.24) is 19.5 Å². The molecule has 0 radical (unpaired) electrons. The zero-order chi connectivity index (χ0) is 12.7. The van der Waals surface area contributed by atoms with Crippen LogP contribution in [0.1, 0.15) is 6.23 Å². The van der Waals surface area contributed by atoms with Crippen LogP contribution in [0.5, 0.6) is 0 Å². The largest absolute Gasteiger partial charge is 0.396 e. The number of anilines is 1. The maximum atomic E-state index is 10.0. The van der Waals surface area contributed by atoms with Crippen LogP contribution in [0.15, 0.2) is 12.7 Å². The fourth-order valence-electron chi connectivity index (χ4n) is 2.11. The fourth-order valence-corrected chi connectivity index (χ4v) is 2.11. The number of fused-ring (bicyclic) bond motifs is 1. The van der Waals surface area contributed by atoms with Crippen molar-refractivity contribution in [2.45, 2.75) is 12.3 Å². The van der Waals surface area contributed by atoms with Crippen molar-refractivity contribution in [2.24, 2.45) is 5.92 Å². The van der Waals surface area contributed by atoms with Crippen LogP contribution in [0.4, 0.5) is 5.82 Å². The maximum absolute atomic E-state index is 10.0. The lowest BCUT2D eigenvalue weighted by molar-refractivity contribution is -0.0108. The van der Waals surface area contributed by atoms with Gasteiger partial charge in [0.05, 0.1) is 19.5 Å². The summed E-state index contributed by atoms with van der Waals surface area (Å²) in [5.74, 6) is -0.0171. The smallest absolute Gasteiger partial charge is 0.167 e. The van der Waals surface area contributed by atoms with Gasteiger partial charge in [0, 0.05) is 5.92 Å². The number of hydrogen-bond donors (Lipinski definition) is 3. The molecule has 0 spiro atoms. The van der Waals surface area contributed by atoms with E-state index in [9.17, 15) is 5.11 Å². The van der Waals surface area contributed by atoms with E-state index in [2.05, 4.69) is 15.0 Å². The molecule has 1 aliphatic rings. The van der Waals surface area contributed by atoms with Crippen molar-refractivity contribution in [3.8, 4) is 0 Å². The number of aromatic nitrogens is 4. The average molecular weight is 251 g/mol. The van der Waals surface area contributed by atoms with Gasteiger partial charge in [-0.1, -0.05) is 0 Å². The Hall–Kier alpha value is -1.77. The monoisotopic (exact) mass is 251 g/mol. The van der Waals surface area contributed by atoms with Crippen molar-refractivity contribution >= 4 is 17.0 Å². The minimum Gasteiger partial charge on any atom is -0.396 e. The van der Waals surface area contributed by atoms with Gasteiger partial charge in [-0.15, -0.1) is 0 Å². The molecule has 3 heterocycles. The topological polar surface area (TPSA) is 119 Å². The SMILES string of the molecule is Nc1ncnc2c1ncn2[C@@H]1OC[C@H](CO)[C@H]1O. The van der Waals surface area contributed by atoms with Crippen molar-refractivity contribution in [2.75, 3.05) is 18.9 Å². The predicted molar refractivity (Wildman–Crippen MR) is 61.3 cm³/mol. The molecule has 2 aromatic rings. The Balaban J connectivity index is 2.03. The highest BCUT2D eigenvalue weighted by molar-refractivity contribution is 5.81. The van der Waals surface area contributed by atoms with Crippen LogP contribution in [-0.2, 0) is 4.74 Å². The Kier molecular flexibility index (Phi) is 2.62. The second-order valence-corrected chi connectivity index (χ2v) is 4.24. The number of imidazole rings is 1. The first-order valence-corrected chi connectivity index (χ1v) is 5.56. The number of aliphatic hydroxyl groups is 2. The van der Waals surface area contributed by atoms with Gasteiger partial charge in [-0.05, 0) is 0 Å². The number of nitrogens with two attached hydrogens (primary N) is 1. The third-order valence-electron chi connectivity index (χ3n) is 3.15. The van der Waals surface area contributed by atoms with Crippen molar-refractivity contribution in [3.63, 3.8) is 0 Å². The summed E-state index contributed by atoms with van der Waals surface area (Å²) >= 11 is 0. The Bertz CT molecular complexity index is 572. The summed E-state index contributed by atoms with van der Waals surface area (Å²) in [5, 5.41) is 19.1. The van der Waals surface area contributed by atoms with Gasteiger partial charge in [-0.25, -0.2) is 15.0 Å². The fraction of sp³-hybridized carbons (Fsp3) is 0.500.